The van der Waals surface area contributed by atoms with Crippen LogP contribution in [-0.2, 0) is 14.3 Å². The van der Waals surface area contributed by atoms with Gasteiger partial charge in [-0.25, -0.2) is 9.97 Å². The summed E-state index contributed by atoms with van der Waals surface area (Å²) in [5, 5.41) is 3.46. The van der Waals surface area contributed by atoms with Gasteiger partial charge in [0.25, 0.3) is 0 Å². The van der Waals surface area contributed by atoms with Gasteiger partial charge in [-0.2, -0.15) is 4.39 Å². The van der Waals surface area contributed by atoms with Crippen molar-refractivity contribution in [1.29, 1.82) is 0 Å². The van der Waals surface area contributed by atoms with Crippen LogP contribution in [0.1, 0.15) is 33.9 Å². The van der Waals surface area contributed by atoms with Crippen LogP contribution in [0.15, 0.2) is 67.6 Å². The van der Waals surface area contributed by atoms with Crippen LogP contribution in [0.2, 0.25) is 0 Å². The number of benzene rings is 1. The van der Waals surface area contributed by atoms with Crippen molar-refractivity contribution in [1.82, 2.24) is 14.5 Å². The fourth-order valence-corrected chi connectivity index (χ4v) is 3.90. The van der Waals surface area contributed by atoms with Gasteiger partial charge >= 0.3 is 5.97 Å². The molecule has 1 unspecified atom stereocenters. The van der Waals surface area contributed by atoms with Crippen LogP contribution in [0, 0.1) is 11.4 Å². The number of methoxy groups -OCH3 is 1. The van der Waals surface area contributed by atoms with E-state index >= 15 is 0 Å². The molecule has 0 radical (unpaired) electrons. The van der Waals surface area contributed by atoms with Gasteiger partial charge in [0.1, 0.15) is 11.4 Å². The van der Waals surface area contributed by atoms with Crippen molar-refractivity contribution >= 4 is 28.6 Å². The van der Waals surface area contributed by atoms with Crippen LogP contribution in [0.5, 0.6) is 5.75 Å². The highest BCUT2D eigenvalue weighted by atomic mass is 19.1. The minimum atomic E-state index is -0.681. The van der Waals surface area contributed by atoms with Crippen LogP contribution in [-0.4, -0.2) is 33.5 Å². The Kier molecular flexibility index (Phi) is 7.30. The quantitative estimate of drug-likeness (QED) is 0.180. The fraction of sp³-hybridized carbons (Fsp3) is 0.241. The predicted octanol–water partition coefficient (Wildman–Crippen LogP) is 6.15. The molecule has 8 nitrogen and oxygen atoms in total. The van der Waals surface area contributed by atoms with E-state index in [1.165, 1.54) is 25.4 Å². The van der Waals surface area contributed by atoms with Crippen LogP contribution in [0.3, 0.4) is 0 Å². The first kappa shape index (κ1) is 26.5. The molecule has 38 heavy (non-hydrogen) atoms. The molecule has 0 spiro atoms. The average Bonchev–Trinajstić information content (AvgIpc) is 3.27. The standard InChI is InChI=1S/C29H29FN4O4/c1-7-26(35)33-21-10-19(11-22(14-21)37-6)20-12-23-24(18-8-9-31-25(30)13-18)16-34(27(23)32-15-20)17(2)38-28(36)29(3,4)5/h7-17H,1H2,2-6H3,(H,33,35). The first-order valence-electron chi connectivity index (χ1n) is 12.0. The number of hydrogen-bond acceptors (Lipinski definition) is 6. The molecule has 4 rings (SSSR count). The molecule has 1 atom stereocenters. The summed E-state index contributed by atoms with van der Waals surface area (Å²) in [4.78, 5) is 32.8. The third kappa shape index (κ3) is 5.56. The van der Waals surface area contributed by atoms with Crippen LogP contribution in [0.4, 0.5) is 10.1 Å². The topological polar surface area (TPSA) is 95.3 Å². The Hall–Kier alpha value is -4.53. The molecule has 9 heteroatoms. The van der Waals surface area contributed by atoms with Crippen LogP contribution < -0.4 is 10.1 Å². The number of aromatic nitrogens is 3. The molecule has 1 amide bonds. The molecule has 3 heterocycles. The number of nitrogens with zero attached hydrogens (tertiary/aromatic N) is 3. The highest BCUT2D eigenvalue weighted by Crippen LogP contribution is 2.36. The Labute approximate surface area is 220 Å². The van der Waals surface area contributed by atoms with Gasteiger partial charge in [-0.3, -0.25) is 14.2 Å². The van der Waals surface area contributed by atoms with Gasteiger partial charge in [0.05, 0.1) is 12.5 Å². The van der Waals surface area contributed by atoms with E-state index in [2.05, 4.69) is 16.9 Å². The predicted molar refractivity (Wildman–Crippen MR) is 144 cm³/mol. The van der Waals surface area contributed by atoms with E-state index in [1.54, 1.807) is 62.9 Å². The number of anilines is 1. The van der Waals surface area contributed by atoms with E-state index in [4.69, 9.17) is 14.5 Å². The van der Waals surface area contributed by atoms with Gasteiger partial charge in [0.2, 0.25) is 11.9 Å². The monoisotopic (exact) mass is 516 g/mol. The van der Waals surface area contributed by atoms with Crippen molar-refractivity contribution in [3.63, 3.8) is 0 Å². The largest absolute Gasteiger partial charge is 0.497 e. The fourth-order valence-electron chi connectivity index (χ4n) is 3.90. The van der Waals surface area contributed by atoms with Gasteiger partial charge in [0, 0.05) is 52.9 Å². The Balaban J connectivity index is 1.87. The highest BCUT2D eigenvalue weighted by Gasteiger charge is 2.27. The van der Waals surface area contributed by atoms with Gasteiger partial charge in [-0.05, 0) is 69.2 Å². The number of nitrogens with one attached hydrogen (secondary N) is 1. The lowest BCUT2D eigenvalue weighted by Crippen LogP contribution is -2.26. The molecule has 1 aromatic carbocycles. The van der Waals surface area contributed by atoms with E-state index in [-0.39, 0.29) is 11.9 Å². The molecular formula is C29H29FN4O4. The molecule has 0 aliphatic heterocycles. The lowest BCUT2D eigenvalue weighted by molar-refractivity contribution is -0.162. The summed E-state index contributed by atoms with van der Waals surface area (Å²) < 4.78 is 27.0. The van der Waals surface area contributed by atoms with E-state index < -0.39 is 17.6 Å². The number of ether oxygens (including phenoxy) is 2. The van der Waals surface area contributed by atoms with Gasteiger partial charge in [-0.15, -0.1) is 0 Å². The van der Waals surface area contributed by atoms with Gasteiger partial charge in [-0.1, -0.05) is 6.58 Å². The number of esters is 1. The normalized spacial score (nSPS) is 12.2. The lowest BCUT2D eigenvalue weighted by Gasteiger charge is -2.22. The third-order valence-corrected chi connectivity index (χ3v) is 5.92. The summed E-state index contributed by atoms with van der Waals surface area (Å²) in [6, 6.07) is 10.3. The summed E-state index contributed by atoms with van der Waals surface area (Å²) >= 11 is 0. The number of amides is 1. The second-order valence-corrected chi connectivity index (χ2v) is 9.81. The van der Waals surface area contributed by atoms with Crippen molar-refractivity contribution in [3.05, 3.63) is 73.6 Å². The van der Waals surface area contributed by atoms with Crippen molar-refractivity contribution in [3.8, 4) is 28.0 Å². The lowest BCUT2D eigenvalue weighted by atomic mass is 9.97. The summed E-state index contributed by atoms with van der Waals surface area (Å²) in [5.41, 5.74) is 3.17. The first-order chi connectivity index (χ1) is 18.0. The zero-order chi connectivity index (χ0) is 27.6. The Bertz CT molecular complexity index is 1540. The highest BCUT2D eigenvalue weighted by molar-refractivity contribution is 6.00. The number of hydrogen-bond donors (Lipinski definition) is 1. The second kappa shape index (κ2) is 10.5. The Morgan fingerprint density at radius 1 is 1.11 bits per heavy atom. The second-order valence-electron chi connectivity index (χ2n) is 9.81. The van der Waals surface area contributed by atoms with Crippen molar-refractivity contribution in [2.75, 3.05) is 12.4 Å². The van der Waals surface area contributed by atoms with Crippen molar-refractivity contribution < 1.29 is 23.5 Å². The number of halogens is 1. The van der Waals surface area contributed by atoms with E-state index in [0.717, 1.165) is 11.1 Å². The number of fused-ring (bicyclic) bond motifs is 1. The Morgan fingerprint density at radius 2 is 1.87 bits per heavy atom. The van der Waals surface area contributed by atoms with E-state index in [9.17, 15) is 14.0 Å². The number of pyridine rings is 2. The maximum Gasteiger partial charge on any atom is 0.313 e. The maximum atomic E-state index is 14.1. The SMILES string of the molecule is C=CC(=O)Nc1cc(OC)cc(-c2cnc3c(c2)c(-c2ccnc(F)c2)cn3C(C)OC(=O)C(C)(C)C)c1. The van der Waals surface area contributed by atoms with Crippen molar-refractivity contribution in [2.45, 2.75) is 33.9 Å². The van der Waals surface area contributed by atoms with E-state index in [1.807, 2.05) is 12.1 Å². The molecular weight excluding hydrogens is 487 g/mol. The minimum absolute atomic E-state index is 0.351. The average molecular weight is 517 g/mol. The molecule has 0 fully saturated rings. The zero-order valence-electron chi connectivity index (χ0n) is 21.9. The molecule has 0 saturated carbocycles. The Morgan fingerprint density at radius 3 is 2.53 bits per heavy atom. The summed E-state index contributed by atoms with van der Waals surface area (Å²) in [6.07, 6.45) is 5.38. The molecule has 0 aliphatic carbocycles. The molecule has 3 aromatic heterocycles. The van der Waals surface area contributed by atoms with Crippen LogP contribution in [0.25, 0.3) is 33.3 Å². The molecule has 1 N–H and O–H groups in total. The van der Waals surface area contributed by atoms with E-state index in [0.29, 0.717) is 33.6 Å². The van der Waals surface area contributed by atoms with Gasteiger partial charge in [0.15, 0.2) is 6.23 Å². The number of carbonyl (C=O) groups is 2. The minimum Gasteiger partial charge on any atom is -0.497 e. The maximum absolute atomic E-state index is 14.1. The smallest absolute Gasteiger partial charge is 0.313 e. The summed E-state index contributed by atoms with van der Waals surface area (Å²) in [7, 11) is 1.54. The zero-order valence-corrected chi connectivity index (χ0v) is 21.9. The van der Waals surface area contributed by atoms with Crippen molar-refractivity contribution in [2.24, 2.45) is 5.41 Å². The molecule has 0 aliphatic rings. The first-order valence-corrected chi connectivity index (χ1v) is 12.0. The van der Waals surface area contributed by atoms with Crippen LogP contribution >= 0.6 is 0 Å². The molecule has 4 aromatic rings. The van der Waals surface area contributed by atoms with Gasteiger partial charge < -0.3 is 14.8 Å². The third-order valence-electron chi connectivity index (χ3n) is 5.92. The number of carbonyl (C=O) groups excluding carboxylic acids is 2. The molecule has 0 saturated heterocycles. The summed E-state index contributed by atoms with van der Waals surface area (Å²) in [6.45, 7) is 10.6. The molecule has 196 valence electrons. The summed E-state index contributed by atoms with van der Waals surface area (Å²) in [5.74, 6) is -0.783. The molecule has 0 bridgehead atoms. The number of rotatable bonds is 7.